The number of phosphoric acid groups is 1. The van der Waals surface area contributed by atoms with Crippen molar-refractivity contribution >= 4 is 19.8 Å². The van der Waals surface area contributed by atoms with Crippen LogP contribution < -0.4 is 4.89 Å². The van der Waals surface area contributed by atoms with Crippen molar-refractivity contribution in [3.05, 3.63) is 146 Å². The van der Waals surface area contributed by atoms with Gasteiger partial charge in [-0.25, -0.2) is 0 Å². The van der Waals surface area contributed by atoms with Crippen molar-refractivity contribution < 1.29 is 42.1 Å². The number of hydrogen-bond donors (Lipinski definition) is 0. The van der Waals surface area contributed by atoms with Gasteiger partial charge in [-0.1, -0.05) is 269 Å². The van der Waals surface area contributed by atoms with E-state index in [9.17, 15) is 19.0 Å². The number of carbonyl (C=O) groups is 2. The number of quaternary nitrogens is 1. The average Bonchev–Trinajstić information content (AvgIpc) is 3.61. The van der Waals surface area contributed by atoms with Crippen LogP contribution in [-0.2, 0) is 32.7 Å². The Balaban J connectivity index is 4.15. The predicted octanol–water partition coefficient (Wildman–Crippen LogP) is 21.2. The molecule has 0 aromatic carbocycles. The number of rotatable bonds is 60. The molecule has 0 saturated heterocycles. The molecule has 0 bridgehead atoms. The minimum Gasteiger partial charge on any atom is -0.756 e. The Bertz CT molecular complexity index is 1930. The molecular formula is C74H124NO8P. The highest BCUT2D eigenvalue weighted by atomic mass is 31.2. The van der Waals surface area contributed by atoms with E-state index in [4.69, 9.17) is 18.5 Å². The number of phosphoric ester groups is 1. The molecule has 0 radical (unpaired) electrons. The first kappa shape index (κ1) is 79.9. The zero-order valence-electron chi connectivity index (χ0n) is 54.3. The van der Waals surface area contributed by atoms with E-state index in [2.05, 4.69) is 160 Å². The van der Waals surface area contributed by atoms with Crippen molar-refractivity contribution in [3.8, 4) is 0 Å². The Hall–Kier alpha value is -4.11. The third-order valence-electron chi connectivity index (χ3n) is 13.8. The highest BCUT2D eigenvalue weighted by molar-refractivity contribution is 7.45. The fourth-order valence-corrected chi connectivity index (χ4v) is 9.44. The van der Waals surface area contributed by atoms with Gasteiger partial charge < -0.3 is 27.9 Å². The molecule has 0 saturated carbocycles. The van der Waals surface area contributed by atoms with E-state index in [0.29, 0.717) is 23.9 Å². The summed E-state index contributed by atoms with van der Waals surface area (Å²) in [5.41, 5.74) is 0. The second kappa shape index (κ2) is 63.4. The van der Waals surface area contributed by atoms with Crippen LogP contribution >= 0.6 is 7.82 Å². The molecule has 0 spiro atoms. The molecule has 0 aliphatic rings. The molecule has 84 heavy (non-hydrogen) atoms. The molecule has 2 unspecified atom stereocenters. The summed E-state index contributed by atoms with van der Waals surface area (Å²) in [6.07, 6.45) is 93.3. The van der Waals surface area contributed by atoms with Crippen molar-refractivity contribution in [2.45, 2.75) is 264 Å². The summed E-state index contributed by atoms with van der Waals surface area (Å²) in [7, 11) is 1.14. The molecular weight excluding hydrogens is 1060 g/mol. The summed E-state index contributed by atoms with van der Waals surface area (Å²) in [5.74, 6) is -0.855. The largest absolute Gasteiger partial charge is 0.756 e. The predicted molar refractivity (Wildman–Crippen MR) is 360 cm³/mol. The van der Waals surface area contributed by atoms with Gasteiger partial charge in [0.25, 0.3) is 7.82 Å². The molecule has 0 heterocycles. The molecule has 0 fully saturated rings. The van der Waals surface area contributed by atoms with Gasteiger partial charge in [-0.3, -0.25) is 14.2 Å². The van der Waals surface area contributed by atoms with Gasteiger partial charge in [0.2, 0.25) is 0 Å². The second-order valence-electron chi connectivity index (χ2n) is 23.1. The molecule has 0 rings (SSSR count). The lowest BCUT2D eigenvalue weighted by Crippen LogP contribution is -2.37. The van der Waals surface area contributed by atoms with Gasteiger partial charge in [0, 0.05) is 12.8 Å². The monoisotopic (exact) mass is 1190 g/mol. The topological polar surface area (TPSA) is 111 Å². The fraction of sp³-hybridized carbons (Fsp3) is 0.649. The van der Waals surface area contributed by atoms with Gasteiger partial charge in [-0.05, 0) is 122 Å². The summed E-state index contributed by atoms with van der Waals surface area (Å²) >= 11 is 0. The Morgan fingerprint density at radius 1 is 0.381 bits per heavy atom. The molecule has 0 aliphatic carbocycles. The van der Waals surface area contributed by atoms with Gasteiger partial charge in [-0.2, -0.15) is 0 Å². The Morgan fingerprint density at radius 3 is 1.01 bits per heavy atom. The molecule has 0 aromatic rings. The van der Waals surface area contributed by atoms with Gasteiger partial charge in [-0.15, -0.1) is 0 Å². The van der Waals surface area contributed by atoms with Crippen LogP contribution in [0.25, 0.3) is 0 Å². The fourth-order valence-electron chi connectivity index (χ4n) is 8.71. The second-order valence-corrected chi connectivity index (χ2v) is 24.5. The lowest BCUT2D eigenvalue weighted by Gasteiger charge is -2.28. The van der Waals surface area contributed by atoms with E-state index in [-0.39, 0.29) is 26.1 Å². The number of carbonyl (C=O) groups excluding carboxylic acids is 2. The maximum absolute atomic E-state index is 12.9. The Morgan fingerprint density at radius 2 is 0.679 bits per heavy atom. The van der Waals surface area contributed by atoms with E-state index in [1.165, 1.54) is 96.3 Å². The summed E-state index contributed by atoms with van der Waals surface area (Å²) in [6.45, 7) is 4.09. The van der Waals surface area contributed by atoms with Crippen molar-refractivity contribution in [3.63, 3.8) is 0 Å². The van der Waals surface area contributed by atoms with Crippen molar-refractivity contribution in [1.29, 1.82) is 0 Å². The maximum Gasteiger partial charge on any atom is 0.306 e. The molecule has 2 atom stereocenters. The normalized spacial score (nSPS) is 14.1. The summed E-state index contributed by atoms with van der Waals surface area (Å²) < 4.78 is 34.2. The van der Waals surface area contributed by atoms with Crippen molar-refractivity contribution in [1.82, 2.24) is 0 Å². The van der Waals surface area contributed by atoms with Crippen LogP contribution in [0, 0.1) is 0 Å². The maximum atomic E-state index is 12.9. The summed E-state index contributed by atoms with van der Waals surface area (Å²) in [6, 6.07) is 0. The first-order valence-electron chi connectivity index (χ1n) is 33.5. The minimum atomic E-state index is -4.65. The average molecular weight is 1190 g/mol. The van der Waals surface area contributed by atoms with Crippen LogP contribution in [0.4, 0.5) is 0 Å². The third kappa shape index (κ3) is 67.0. The highest BCUT2D eigenvalue weighted by Gasteiger charge is 2.22. The Labute approximate surface area is 516 Å². The van der Waals surface area contributed by atoms with Crippen LogP contribution in [0.3, 0.4) is 0 Å². The number of allylic oxidation sites excluding steroid dienone is 24. The van der Waals surface area contributed by atoms with Gasteiger partial charge in [0.05, 0.1) is 27.7 Å². The number of esters is 2. The molecule has 9 nitrogen and oxygen atoms in total. The molecule has 0 amide bonds. The summed E-state index contributed by atoms with van der Waals surface area (Å²) in [4.78, 5) is 38.0. The molecule has 0 aromatic heterocycles. The van der Waals surface area contributed by atoms with Crippen molar-refractivity contribution in [2.24, 2.45) is 0 Å². The van der Waals surface area contributed by atoms with Crippen LogP contribution in [0.15, 0.2) is 146 Å². The van der Waals surface area contributed by atoms with Gasteiger partial charge in [0.15, 0.2) is 6.10 Å². The zero-order chi connectivity index (χ0) is 61.2. The van der Waals surface area contributed by atoms with Gasteiger partial charge in [0.1, 0.15) is 19.8 Å². The SMILES string of the molecule is CC/C=C\C/C=C\C/C=C\C/C=C\C/C=C\C/C=C\C/C=C\C/C=C\C/C=C\CCCCCCCCCCCC(=O)OC(COC(=O)CCCCCCCCCC/C=C\C/C=C\C/C=C\CCCCCCC)COP(=O)([O-])OCC[N+](C)(C)C. The van der Waals surface area contributed by atoms with Crippen molar-refractivity contribution in [2.75, 3.05) is 47.5 Å². The minimum absolute atomic E-state index is 0.0406. The van der Waals surface area contributed by atoms with E-state index in [0.717, 1.165) is 122 Å². The van der Waals surface area contributed by atoms with E-state index in [1.807, 2.05) is 21.1 Å². The van der Waals surface area contributed by atoms with Crippen LogP contribution in [0.2, 0.25) is 0 Å². The number of hydrogen-bond acceptors (Lipinski definition) is 8. The van der Waals surface area contributed by atoms with Gasteiger partial charge >= 0.3 is 11.9 Å². The lowest BCUT2D eigenvalue weighted by molar-refractivity contribution is -0.870. The standard InChI is InChI=1S/C74H124NO8P/c1-6-8-10-12-14-16-18-20-22-24-26-28-30-31-32-33-34-35-36-37-38-39-40-41-42-43-45-47-49-51-53-55-57-59-61-63-65-67-74(77)83-72(71-82-84(78,79)81-69-68-75(3,4)5)70-80-73(76)66-64-62-60-58-56-54-52-50-48-46-44-29-27-25-23-21-19-17-15-13-11-9-7-2/h8,10,14,16,19-22,25-28,31-32,34-35,37-38,40-41,43-46,72H,6-7,9,11-13,15,17-18,23-24,29-30,33,36,39,42,47-71H2,1-5H3/b10-8-,16-14-,21-19-,22-20-,27-25-,28-26-,32-31-,35-34-,38-37-,41-40-,45-43-,46-44-. The molecule has 0 aliphatic heterocycles. The lowest BCUT2D eigenvalue weighted by atomic mass is 10.1. The highest BCUT2D eigenvalue weighted by Crippen LogP contribution is 2.38. The number of nitrogens with zero attached hydrogens (tertiary/aromatic N) is 1. The third-order valence-corrected chi connectivity index (χ3v) is 14.8. The number of unbranched alkanes of at least 4 members (excludes halogenated alkanes) is 22. The van der Waals surface area contributed by atoms with E-state index in [1.54, 1.807) is 0 Å². The van der Waals surface area contributed by atoms with Crippen LogP contribution in [0.5, 0.6) is 0 Å². The zero-order valence-corrected chi connectivity index (χ0v) is 55.2. The van der Waals surface area contributed by atoms with Crippen LogP contribution in [-0.4, -0.2) is 70.0 Å². The number of ether oxygens (including phenoxy) is 2. The van der Waals surface area contributed by atoms with Crippen LogP contribution in [0.1, 0.15) is 258 Å². The quantitative estimate of drug-likeness (QED) is 0.0195. The summed E-state index contributed by atoms with van der Waals surface area (Å²) in [5, 5.41) is 0. The molecule has 10 heteroatoms. The number of likely N-dealkylation sites (N-methyl/N-ethyl adjacent to an activating group) is 1. The van der Waals surface area contributed by atoms with E-state index < -0.39 is 32.5 Å². The molecule has 478 valence electrons. The smallest absolute Gasteiger partial charge is 0.306 e. The van der Waals surface area contributed by atoms with E-state index >= 15 is 0 Å². The Kier molecular flexibility index (Phi) is 60.3. The molecule has 0 N–H and O–H groups in total. The first-order chi connectivity index (χ1) is 41.0. The first-order valence-corrected chi connectivity index (χ1v) is 35.0.